The van der Waals surface area contributed by atoms with Crippen LogP contribution >= 0.6 is 0 Å². The molecule has 0 spiro atoms. The Morgan fingerprint density at radius 2 is 2.07 bits per heavy atom. The molecule has 0 aliphatic carbocycles. The Morgan fingerprint density at radius 1 is 1.21 bits per heavy atom. The average Bonchev–Trinajstić information content (AvgIpc) is 3.40. The first-order valence-corrected chi connectivity index (χ1v) is 10.0. The molecule has 29 heavy (non-hydrogen) atoms. The average molecular weight is 396 g/mol. The molecule has 0 unspecified atom stereocenters. The van der Waals surface area contributed by atoms with Crippen molar-refractivity contribution in [2.75, 3.05) is 18.4 Å². The number of nitrogens with zero attached hydrogens (tertiary/aromatic N) is 3. The summed E-state index contributed by atoms with van der Waals surface area (Å²) in [5.41, 5.74) is 0.956. The molecule has 0 saturated carbocycles. The zero-order valence-electron chi connectivity index (χ0n) is 17.0. The third kappa shape index (κ3) is 7.37. The van der Waals surface area contributed by atoms with Gasteiger partial charge in [-0.2, -0.15) is 5.10 Å². The van der Waals surface area contributed by atoms with Gasteiger partial charge >= 0.3 is 0 Å². The number of guanidine groups is 1. The third-order valence-corrected chi connectivity index (χ3v) is 4.11. The number of hydrogen-bond donors (Lipinski definition) is 2. The summed E-state index contributed by atoms with van der Waals surface area (Å²) in [6, 6.07) is 13.7. The summed E-state index contributed by atoms with van der Waals surface area (Å²) < 4.78 is 13.0. The van der Waals surface area contributed by atoms with E-state index in [9.17, 15) is 0 Å². The van der Waals surface area contributed by atoms with Crippen LogP contribution < -0.4 is 15.4 Å². The topological polar surface area (TPSA) is 76.6 Å². The van der Waals surface area contributed by atoms with Crippen molar-refractivity contribution in [1.29, 1.82) is 0 Å². The fourth-order valence-electron chi connectivity index (χ4n) is 2.78. The maximum absolute atomic E-state index is 5.70. The van der Waals surface area contributed by atoms with E-state index in [1.54, 1.807) is 12.5 Å². The zero-order chi connectivity index (χ0) is 20.3. The Hall–Kier alpha value is -3.22. The number of aryl methyl sites for hydroxylation is 1. The Balaban J connectivity index is 1.55. The van der Waals surface area contributed by atoms with E-state index in [1.165, 1.54) is 0 Å². The summed E-state index contributed by atoms with van der Waals surface area (Å²) in [5, 5.41) is 11.0. The molecule has 0 aliphatic rings. The van der Waals surface area contributed by atoms with Crippen molar-refractivity contribution in [3.05, 3.63) is 66.9 Å². The van der Waals surface area contributed by atoms with Crippen LogP contribution in [-0.4, -0.2) is 34.9 Å². The highest BCUT2D eigenvalue weighted by Gasteiger charge is 2.03. The molecule has 2 heterocycles. The first kappa shape index (κ1) is 20.5. The Labute approximate surface area is 171 Å². The van der Waals surface area contributed by atoms with Crippen LogP contribution in [0.15, 0.2) is 70.5 Å². The fourth-order valence-corrected chi connectivity index (χ4v) is 2.78. The Kier molecular flexibility index (Phi) is 7.74. The fraction of sp³-hybridized carbons (Fsp3) is 0.364. The highest BCUT2D eigenvalue weighted by molar-refractivity contribution is 5.93. The lowest BCUT2D eigenvalue weighted by atomic mass is 10.3. The van der Waals surface area contributed by atoms with Crippen molar-refractivity contribution in [3.63, 3.8) is 0 Å². The van der Waals surface area contributed by atoms with E-state index in [2.05, 4.69) is 15.7 Å². The molecule has 1 aromatic carbocycles. The van der Waals surface area contributed by atoms with Crippen LogP contribution in [0.5, 0.6) is 5.75 Å². The van der Waals surface area contributed by atoms with Crippen LogP contribution in [0.2, 0.25) is 0 Å². The van der Waals surface area contributed by atoms with Gasteiger partial charge in [0.15, 0.2) is 5.96 Å². The molecule has 2 aromatic heterocycles. The first-order chi connectivity index (χ1) is 14.2. The number of aliphatic imine (C=N–C) groups is 1. The van der Waals surface area contributed by atoms with Crippen molar-refractivity contribution in [3.8, 4) is 5.75 Å². The molecule has 0 atom stereocenters. The van der Waals surface area contributed by atoms with Crippen molar-refractivity contribution in [2.24, 2.45) is 4.99 Å². The Bertz CT molecular complexity index is 840. The van der Waals surface area contributed by atoms with Crippen molar-refractivity contribution >= 4 is 11.6 Å². The van der Waals surface area contributed by atoms with E-state index in [4.69, 9.17) is 14.1 Å². The number of hydrogen-bond acceptors (Lipinski definition) is 4. The van der Waals surface area contributed by atoms with Gasteiger partial charge in [0.05, 0.1) is 12.4 Å². The number of aromatic nitrogens is 2. The number of ether oxygens (including phenoxy) is 1. The number of benzene rings is 1. The van der Waals surface area contributed by atoms with E-state index in [1.807, 2.05) is 67.2 Å². The maximum Gasteiger partial charge on any atom is 0.195 e. The number of nitrogens with one attached hydrogen (secondary N) is 2. The van der Waals surface area contributed by atoms with Gasteiger partial charge < -0.3 is 19.8 Å². The number of anilines is 1. The van der Waals surface area contributed by atoms with Crippen molar-refractivity contribution < 1.29 is 9.15 Å². The van der Waals surface area contributed by atoms with E-state index >= 15 is 0 Å². The Morgan fingerprint density at radius 3 is 2.76 bits per heavy atom. The second-order valence-corrected chi connectivity index (χ2v) is 6.93. The molecule has 3 rings (SSSR count). The SMILES string of the molecule is CC(C)Oc1ccc(NC(=NCCCn2cccn2)NCCc2ccco2)cc1. The number of rotatable bonds is 10. The summed E-state index contributed by atoms with van der Waals surface area (Å²) in [4.78, 5) is 4.70. The summed E-state index contributed by atoms with van der Waals surface area (Å²) in [5.74, 6) is 2.55. The van der Waals surface area contributed by atoms with E-state index in [-0.39, 0.29) is 6.10 Å². The van der Waals surface area contributed by atoms with Gasteiger partial charge in [0.25, 0.3) is 0 Å². The summed E-state index contributed by atoms with van der Waals surface area (Å²) in [6.45, 7) is 6.31. The molecule has 7 heteroatoms. The molecule has 154 valence electrons. The predicted molar refractivity (Wildman–Crippen MR) is 115 cm³/mol. The zero-order valence-corrected chi connectivity index (χ0v) is 17.0. The second-order valence-electron chi connectivity index (χ2n) is 6.93. The van der Waals surface area contributed by atoms with Gasteiger partial charge in [0.2, 0.25) is 0 Å². The van der Waals surface area contributed by atoms with Gasteiger partial charge in [-0.15, -0.1) is 0 Å². The van der Waals surface area contributed by atoms with Gasteiger partial charge in [-0.1, -0.05) is 0 Å². The minimum atomic E-state index is 0.156. The third-order valence-electron chi connectivity index (χ3n) is 4.11. The molecule has 0 aliphatic heterocycles. The molecule has 3 aromatic rings. The molecule has 0 saturated heterocycles. The van der Waals surface area contributed by atoms with Gasteiger partial charge in [0.1, 0.15) is 11.5 Å². The lowest BCUT2D eigenvalue weighted by molar-refractivity contribution is 0.242. The molecule has 7 nitrogen and oxygen atoms in total. The lowest BCUT2D eigenvalue weighted by Crippen LogP contribution is -2.32. The van der Waals surface area contributed by atoms with Crippen molar-refractivity contribution in [1.82, 2.24) is 15.1 Å². The minimum absolute atomic E-state index is 0.156. The quantitative estimate of drug-likeness (QED) is 0.309. The molecule has 2 N–H and O–H groups in total. The van der Waals surface area contributed by atoms with Crippen LogP contribution in [0.1, 0.15) is 26.0 Å². The molecular weight excluding hydrogens is 366 g/mol. The predicted octanol–water partition coefficient (Wildman–Crippen LogP) is 3.95. The van der Waals surface area contributed by atoms with Crippen LogP contribution in [-0.2, 0) is 13.0 Å². The van der Waals surface area contributed by atoms with Crippen molar-refractivity contribution in [2.45, 2.75) is 39.3 Å². The smallest absolute Gasteiger partial charge is 0.195 e. The highest BCUT2D eigenvalue weighted by Crippen LogP contribution is 2.16. The molecule has 0 amide bonds. The van der Waals surface area contributed by atoms with Crippen LogP contribution in [0, 0.1) is 0 Å². The molecular formula is C22H29N5O2. The largest absolute Gasteiger partial charge is 0.491 e. The van der Waals surface area contributed by atoms with E-state index in [0.29, 0.717) is 6.54 Å². The maximum atomic E-state index is 5.70. The van der Waals surface area contributed by atoms with Gasteiger partial charge in [-0.3, -0.25) is 9.67 Å². The highest BCUT2D eigenvalue weighted by atomic mass is 16.5. The molecule has 0 bridgehead atoms. The summed E-state index contributed by atoms with van der Waals surface area (Å²) in [6.07, 6.45) is 7.31. The number of furan rings is 1. The normalized spacial score (nSPS) is 11.6. The monoisotopic (exact) mass is 395 g/mol. The molecule has 0 radical (unpaired) electrons. The van der Waals surface area contributed by atoms with E-state index in [0.717, 1.165) is 49.1 Å². The van der Waals surface area contributed by atoms with Crippen LogP contribution in [0.4, 0.5) is 5.69 Å². The summed E-state index contributed by atoms with van der Waals surface area (Å²) in [7, 11) is 0. The first-order valence-electron chi connectivity index (χ1n) is 10.0. The standard InChI is InChI=1S/C22H29N5O2/c1-18(2)29-21-9-7-19(8-10-21)26-22(24-14-11-20-6-3-17-28-20)23-12-4-15-27-16-5-13-25-27/h3,5-10,13,16-18H,4,11-12,14-15H2,1-2H3,(H2,23,24,26). The van der Waals surface area contributed by atoms with Gasteiger partial charge in [-0.25, -0.2) is 0 Å². The minimum Gasteiger partial charge on any atom is -0.491 e. The van der Waals surface area contributed by atoms with Crippen LogP contribution in [0.25, 0.3) is 0 Å². The summed E-state index contributed by atoms with van der Waals surface area (Å²) >= 11 is 0. The lowest BCUT2D eigenvalue weighted by Gasteiger charge is -2.14. The van der Waals surface area contributed by atoms with Gasteiger partial charge in [-0.05, 0) is 62.7 Å². The van der Waals surface area contributed by atoms with Gasteiger partial charge in [0, 0.05) is 44.1 Å². The second kappa shape index (κ2) is 10.9. The van der Waals surface area contributed by atoms with Crippen LogP contribution in [0.3, 0.4) is 0 Å². The molecule has 0 fully saturated rings. The van der Waals surface area contributed by atoms with E-state index < -0.39 is 0 Å².